The number of pyridine rings is 2. The lowest BCUT2D eigenvalue weighted by atomic mass is 10.1. The number of anilines is 2. The highest BCUT2D eigenvalue weighted by Crippen LogP contribution is 2.33. The van der Waals surface area contributed by atoms with Gasteiger partial charge in [0.15, 0.2) is 0 Å². The topological polar surface area (TPSA) is 79.8 Å². The molecule has 1 amide bonds. The molecule has 0 saturated heterocycles. The van der Waals surface area contributed by atoms with Gasteiger partial charge in [-0.05, 0) is 36.5 Å². The van der Waals surface area contributed by atoms with Crippen molar-refractivity contribution in [3.63, 3.8) is 0 Å². The van der Waals surface area contributed by atoms with Gasteiger partial charge in [0, 0.05) is 47.1 Å². The van der Waals surface area contributed by atoms with Gasteiger partial charge in [-0.25, -0.2) is 9.97 Å². The lowest BCUT2D eigenvalue weighted by Gasteiger charge is -2.10. The lowest BCUT2D eigenvalue weighted by molar-refractivity contribution is -0.117. The number of nitrogens with one attached hydrogen (secondary N) is 2. The molecule has 1 saturated carbocycles. The monoisotopic (exact) mass is 325 g/mol. The van der Waals surface area contributed by atoms with Crippen LogP contribution in [0, 0.1) is 5.92 Å². The normalized spacial score (nSPS) is 14.0. The summed E-state index contributed by atoms with van der Waals surface area (Å²) in [6, 6.07) is 3.86. The number of hydrogen-bond acceptors (Lipinski definition) is 6. The molecule has 3 aromatic rings. The van der Waals surface area contributed by atoms with E-state index in [4.69, 9.17) is 0 Å². The number of rotatable bonds is 4. The highest BCUT2D eigenvalue weighted by molar-refractivity contribution is 7.03. The second kappa shape index (κ2) is 5.58. The number of hydrogen-bond donors (Lipinski definition) is 2. The van der Waals surface area contributed by atoms with E-state index in [2.05, 4.69) is 25.0 Å². The van der Waals surface area contributed by atoms with E-state index in [1.165, 1.54) is 11.5 Å². The summed E-state index contributed by atoms with van der Waals surface area (Å²) in [6.45, 7) is 0. The van der Waals surface area contributed by atoms with E-state index < -0.39 is 0 Å². The molecule has 4 rings (SSSR count). The molecule has 0 aromatic carbocycles. The number of aromatic nitrogens is 3. The summed E-state index contributed by atoms with van der Waals surface area (Å²) in [5.41, 5.74) is 1.81. The summed E-state index contributed by atoms with van der Waals surface area (Å²) in [4.78, 5) is 20.8. The first-order chi connectivity index (χ1) is 11.3. The van der Waals surface area contributed by atoms with Gasteiger partial charge in [-0.1, -0.05) is 0 Å². The predicted octanol–water partition coefficient (Wildman–Crippen LogP) is 3.14. The van der Waals surface area contributed by atoms with E-state index in [1.807, 2.05) is 24.6 Å². The Morgan fingerprint density at radius 2 is 2.13 bits per heavy atom. The van der Waals surface area contributed by atoms with Crippen molar-refractivity contribution in [2.45, 2.75) is 12.8 Å². The summed E-state index contributed by atoms with van der Waals surface area (Å²) in [6.07, 6.45) is 5.48. The Balaban J connectivity index is 1.83. The molecule has 2 N–H and O–H groups in total. The summed E-state index contributed by atoms with van der Waals surface area (Å²) in [5, 5.41) is 9.78. The van der Waals surface area contributed by atoms with Gasteiger partial charge in [0.2, 0.25) is 5.91 Å². The Morgan fingerprint density at radius 1 is 1.26 bits per heavy atom. The molecule has 116 valence electrons. The number of carbonyl (C=O) groups excluding carboxylic acids is 1. The Kier molecular flexibility index (Phi) is 3.42. The van der Waals surface area contributed by atoms with Crippen LogP contribution in [0.2, 0.25) is 0 Å². The van der Waals surface area contributed by atoms with Crippen LogP contribution in [0.25, 0.3) is 22.0 Å². The molecule has 7 heteroatoms. The third kappa shape index (κ3) is 2.63. The average molecular weight is 325 g/mol. The highest BCUT2D eigenvalue weighted by Gasteiger charge is 2.29. The maximum atomic E-state index is 12.0. The molecular formula is C16H15N5OS. The van der Waals surface area contributed by atoms with Crippen LogP contribution in [0.3, 0.4) is 0 Å². The van der Waals surface area contributed by atoms with Gasteiger partial charge in [0.25, 0.3) is 0 Å². The predicted molar refractivity (Wildman–Crippen MR) is 91.5 cm³/mol. The van der Waals surface area contributed by atoms with E-state index in [1.54, 1.807) is 12.4 Å². The molecule has 0 spiro atoms. The van der Waals surface area contributed by atoms with Crippen LogP contribution in [0.5, 0.6) is 0 Å². The fraction of sp³-hybridized carbons (Fsp3) is 0.250. The molecule has 1 aliphatic carbocycles. The molecule has 3 aromatic heterocycles. The van der Waals surface area contributed by atoms with Crippen LogP contribution < -0.4 is 10.6 Å². The average Bonchev–Trinajstić information content (AvgIpc) is 3.29. The molecule has 0 atom stereocenters. The maximum Gasteiger partial charge on any atom is 0.228 e. The molecule has 0 unspecified atom stereocenters. The Labute approximate surface area is 137 Å². The van der Waals surface area contributed by atoms with Crippen LogP contribution in [-0.2, 0) is 4.79 Å². The zero-order valence-electron chi connectivity index (χ0n) is 12.5. The Bertz CT molecular complexity index is 874. The molecular weight excluding hydrogens is 310 g/mol. The molecule has 0 radical (unpaired) electrons. The van der Waals surface area contributed by atoms with Crippen molar-refractivity contribution in [1.29, 1.82) is 0 Å². The van der Waals surface area contributed by atoms with Crippen molar-refractivity contribution < 1.29 is 4.79 Å². The Morgan fingerprint density at radius 3 is 2.83 bits per heavy atom. The van der Waals surface area contributed by atoms with Crippen LogP contribution in [0.15, 0.2) is 29.9 Å². The molecule has 6 nitrogen and oxygen atoms in total. The lowest BCUT2D eigenvalue weighted by Crippen LogP contribution is -2.14. The van der Waals surface area contributed by atoms with Gasteiger partial charge in [-0.15, -0.1) is 0 Å². The summed E-state index contributed by atoms with van der Waals surface area (Å²) >= 11 is 1.40. The molecule has 3 heterocycles. The fourth-order valence-corrected chi connectivity index (χ4v) is 3.06. The first-order valence-electron chi connectivity index (χ1n) is 7.44. The Hall–Kier alpha value is -2.54. The first kappa shape index (κ1) is 14.1. The van der Waals surface area contributed by atoms with Gasteiger partial charge >= 0.3 is 0 Å². The second-order valence-corrected chi connectivity index (χ2v) is 6.20. The summed E-state index contributed by atoms with van der Waals surface area (Å²) in [7, 11) is 1.83. The van der Waals surface area contributed by atoms with Gasteiger partial charge in [0.1, 0.15) is 11.6 Å². The van der Waals surface area contributed by atoms with Gasteiger partial charge in [-0.2, -0.15) is 4.37 Å². The van der Waals surface area contributed by atoms with E-state index in [0.29, 0.717) is 5.82 Å². The van der Waals surface area contributed by atoms with Crippen LogP contribution in [0.4, 0.5) is 11.6 Å². The third-order valence-electron chi connectivity index (χ3n) is 3.92. The van der Waals surface area contributed by atoms with Gasteiger partial charge < -0.3 is 10.6 Å². The highest BCUT2D eigenvalue weighted by atomic mass is 32.1. The van der Waals surface area contributed by atoms with Crippen LogP contribution in [0.1, 0.15) is 12.8 Å². The first-order valence-corrected chi connectivity index (χ1v) is 8.28. The van der Waals surface area contributed by atoms with E-state index >= 15 is 0 Å². The van der Waals surface area contributed by atoms with E-state index in [0.717, 1.165) is 40.7 Å². The molecule has 0 aliphatic heterocycles. The zero-order valence-corrected chi connectivity index (χ0v) is 13.4. The number of fused-ring (bicyclic) bond motifs is 1. The molecule has 23 heavy (non-hydrogen) atoms. The summed E-state index contributed by atoms with van der Waals surface area (Å²) < 4.78 is 4.39. The minimum atomic E-state index is 0.0509. The largest absolute Gasteiger partial charge is 0.373 e. The molecule has 0 bridgehead atoms. The molecule has 1 aliphatic rings. The zero-order chi connectivity index (χ0) is 15.8. The smallest absolute Gasteiger partial charge is 0.228 e. The second-order valence-electron chi connectivity index (χ2n) is 5.53. The van der Waals surface area contributed by atoms with Crippen LogP contribution >= 0.6 is 11.5 Å². The van der Waals surface area contributed by atoms with Gasteiger partial charge in [-0.3, -0.25) is 4.79 Å². The van der Waals surface area contributed by atoms with Crippen molar-refractivity contribution in [3.8, 4) is 11.3 Å². The summed E-state index contributed by atoms with van der Waals surface area (Å²) in [5.74, 6) is 1.52. The number of carbonyl (C=O) groups is 1. The van der Waals surface area contributed by atoms with Crippen molar-refractivity contribution in [2.24, 2.45) is 5.92 Å². The van der Waals surface area contributed by atoms with Crippen molar-refractivity contribution in [2.75, 3.05) is 17.7 Å². The van der Waals surface area contributed by atoms with Crippen LogP contribution in [-0.4, -0.2) is 27.3 Å². The minimum absolute atomic E-state index is 0.0509. The van der Waals surface area contributed by atoms with Crippen molar-refractivity contribution in [1.82, 2.24) is 14.3 Å². The quantitative estimate of drug-likeness (QED) is 0.770. The van der Waals surface area contributed by atoms with Crippen molar-refractivity contribution in [3.05, 3.63) is 29.9 Å². The SMILES string of the molecule is CNc1ncc(-c2ccsn2)c2cc(NC(=O)C3CC3)ncc12. The maximum absolute atomic E-state index is 12.0. The van der Waals surface area contributed by atoms with Gasteiger partial charge in [0.05, 0.1) is 5.69 Å². The number of amides is 1. The van der Waals surface area contributed by atoms with E-state index in [9.17, 15) is 4.79 Å². The third-order valence-corrected chi connectivity index (χ3v) is 4.48. The minimum Gasteiger partial charge on any atom is -0.373 e. The fourth-order valence-electron chi connectivity index (χ4n) is 2.53. The molecule has 1 fully saturated rings. The van der Waals surface area contributed by atoms with Crippen molar-refractivity contribution >= 4 is 39.8 Å². The number of nitrogens with zero attached hydrogens (tertiary/aromatic N) is 3. The standard InChI is InChI=1S/C16H15N5OS/c1-17-15-12-8-18-14(20-16(22)9-2-3-9)6-10(12)11(7-19-15)13-4-5-23-21-13/h4-9H,2-3H2,1H3,(H,17,19)(H,18,20,22). The van der Waals surface area contributed by atoms with E-state index in [-0.39, 0.29) is 11.8 Å².